The fourth-order valence-corrected chi connectivity index (χ4v) is 2.81. The lowest BCUT2D eigenvalue weighted by Gasteiger charge is -2.22. The molecule has 0 spiro atoms. The van der Waals surface area contributed by atoms with E-state index in [2.05, 4.69) is 35.8 Å². The lowest BCUT2D eigenvalue weighted by atomic mass is 9.92. The summed E-state index contributed by atoms with van der Waals surface area (Å²) in [5, 5.41) is 7.05. The van der Waals surface area contributed by atoms with E-state index in [-0.39, 0.29) is 17.4 Å². The summed E-state index contributed by atoms with van der Waals surface area (Å²) in [6.45, 7) is 7.30. The molecule has 18 heavy (non-hydrogen) atoms. The van der Waals surface area contributed by atoms with E-state index in [4.69, 9.17) is 0 Å². The minimum atomic E-state index is -0.0427. The van der Waals surface area contributed by atoms with Crippen molar-refractivity contribution >= 4 is 22.4 Å². The van der Waals surface area contributed by atoms with E-state index in [1.165, 1.54) is 18.0 Å². The van der Waals surface area contributed by atoms with Crippen molar-refractivity contribution < 1.29 is 4.79 Å². The van der Waals surface area contributed by atoms with Crippen LogP contribution >= 0.6 is 11.5 Å². The lowest BCUT2D eigenvalue weighted by molar-refractivity contribution is -0.118. The zero-order valence-corrected chi connectivity index (χ0v) is 12.1. The summed E-state index contributed by atoms with van der Waals surface area (Å²) >= 11 is 1.36. The molecule has 100 valence electrons. The monoisotopic (exact) mass is 267 g/mol. The summed E-state index contributed by atoms with van der Waals surface area (Å²) in [6, 6.07) is 1.93. The molecular weight excluding hydrogens is 246 g/mol. The molecule has 2 heterocycles. The van der Waals surface area contributed by atoms with E-state index in [0.717, 1.165) is 30.1 Å². The van der Waals surface area contributed by atoms with Crippen molar-refractivity contribution in [2.24, 2.45) is 0 Å². The molecule has 1 amide bonds. The van der Waals surface area contributed by atoms with Gasteiger partial charge in [-0.25, -0.2) is 0 Å². The van der Waals surface area contributed by atoms with Crippen LogP contribution in [0.3, 0.4) is 0 Å². The maximum atomic E-state index is 12.0. The maximum Gasteiger partial charge on any atom is 0.242 e. The van der Waals surface area contributed by atoms with Gasteiger partial charge in [0.1, 0.15) is 5.00 Å². The predicted octanol–water partition coefficient (Wildman–Crippen LogP) is 2.52. The van der Waals surface area contributed by atoms with Crippen LogP contribution in [0.1, 0.15) is 45.7 Å². The van der Waals surface area contributed by atoms with E-state index in [1.807, 2.05) is 6.07 Å². The topological polar surface area (TPSA) is 54.0 Å². The Hall–Kier alpha value is -0.940. The van der Waals surface area contributed by atoms with Crippen molar-refractivity contribution in [1.82, 2.24) is 9.69 Å². The van der Waals surface area contributed by atoms with Crippen molar-refractivity contribution in [3.63, 3.8) is 0 Å². The normalized spacial score (nSPS) is 20.7. The number of nitrogens with one attached hydrogen (secondary N) is 2. The van der Waals surface area contributed by atoms with Crippen molar-refractivity contribution in [1.29, 1.82) is 0 Å². The van der Waals surface area contributed by atoms with Gasteiger partial charge in [0, 0.05) is 5.41 Å². The molecule has 1 atom stereocenters. The Morgan fingerprint density at radius 2 is 2.28 bits per heavy atom. The molecule has 2 rings (SSSR count). The highest BCUT2D eigenvalue weighted by Gasteiger charge is 2.22. The van der Waals surface area contributed by atoms with Gasteiger partial charge >= 0.3 is 0 Å². The number of anilines is 1. The Morgan fingerprint density at radius 3 is 2.83 bits per heavy atom. The Bertz CT molecular complexity index is 416. The summed E-state index contributed by atoms with van der Waals surface area (Å²) in [4.78, 5) is 12.0. The molecule has 0 aliphatic carbocycles. The molecule has 1 fully saturated rings. The number of piperidine rings is 1. The van der Waals surface area contributed by atoms with E-state index < -0.39 is 0 Å². The number of nitrogens with zero attached hydrogens (tertiary/aromatic N) is 1. The third kappa shape index (κ3) is 3.29. The smallest absolute Gasteiger partial charge is 0.242 e. The number of carbonyl (C=O) groups excluding carboxylic acids is 1. The zero-order chi connectivity index (χ0) is 13.2. The van der Waals surface area contributed by atoms with Gasteiger partial charge in [0.15, 0.2) is 0 Å². The van der Waals surface area contributed by atoms with Gasteiger partial charge in [-0.2, -0.15) is 4.37 Å². The van der Waals surface area contributed by atoms with Crippen LogP contribution in [0.5, 0.6) is 0 Å². The van der Waals surface area contributed by atoms with Crippen molar-refractivity contribution in [3.05, 3.63) is 11.8 Å². The largest absolute Gasteiger partial charge is 0.315 e. The molecule has 0 radical (unpaired) electrons. The standard InChI is InChI=1S/C13H21N3OS/c1-13(2,3)10-8-11(18-16-10)15-12(17)9-6-4-5-7-14-9/h8-9,14H,4-7H2,1-3H3,(H,15,17)/t9-/m0/s1. The fraction of sp³-hybridized carbons (Fsp3) is 0.692. The molecule has 0 unspecified atom stereocenters. The van der Waals surface area contributed by atoms with Gasteiger partial charge in [-0.3, -0.25) is 4.79 Å². The van der Waals surface area contributed by atoms with Gasteiger partial charge in [0.2, 0.25) is 5.91 Å². The maximum absolute atomic E-state index is 12.0. The average molecular weight is 267 g/mol. The minimum Gasteiger partial charge on any atom is -0.315 e. The van der Waals surface area contributed by atoms with Crippen molar-refractivity contribution in [2.75, 3.05) is 11.9 Å². The third-order valence-electron chi connectivity index (χ3n) is 3.15. The van der Waals surface area contributed by atoms with Crippen LogP contribution in [0, 0.1) is 0 Å². The number of hydrogen-bond donors (Lipinski definition) is 2. The van der Waals surface area contributed by atoms with Crippen LogP contribution in [0.15, 0.2) is 6.07 Å². The number of rotatable bonds is 2. The predicted molar refractivity (Wildman–Crippen MR) is 75.1 cm³/mol. The van der Waals surface area contributed by atoms with Crippen LogP contribution in [0.2, 0.25) is 0 Å². The number of hydrogen-bond acceptors (Lipinski definition) is 4. The van der Waals surface area contributed by atoms with Crippen LogP contribution in [-0.4, -0.2) is 22.9 Å². The van der Waals surface area contributed by atoms with E-state index >= 15 is 0 Å². The van der Waals surface area contributed by atoms with Gasteiger partial charge < -0.3 is 10.6 Å². The van der Waals surface area contributed by atoms with Gasteiger partial charge in [-0.05, 0) is 37.0 Å². The van der Waals surface area contributed by atoms with E-state index in [9.17, 15) is 4.79 Å². The highest BCUT2D eigenvalue weighted by Crippen LogP contribution is 2.27. The number of aromatic nitrogens is 1. The third-order valence-corrected chi connectivity index (χ3v) is 3.86. The lowest BCUT2D eigenvalue weighted by Crippen LogP contribution is -2.43. The summed E-state index contributed by atoms with van der Waals surface area (Å²) in [5.41, 5.74) is 1.06. The molecule has 0 aromatic carbocycles. The summed E-state index contributed by atoms with van der Waals surface area (Å²) in [7, 11) is 0. The molecule has 1 aliphatic heterocycles. The van der Waals surface area contributed by atoms with Gasteiger partial charge in [-0.15, -0.1) is 0 Å². The van der Waals surface area contributed by atoms with E-state index in [0.29, 0.717) is 0 Å². The second-order valence-corrected chi connectivity index (χ2v) is 6.62. The van der Waals surface area contributed by atoms with Gasteiger partial charge in [-0.1, -0.05) is 27.2 Å². The second kappa shape index (κ2) is 5.36. The molecule has 0 bridgehead atoms. The first-order valence-corrected chi connectivity index (χ1v) is 7.25. The Morgan fingerprint density at radius 1 is 1.50 bits per heavy atom. The van der Waals surface area contributed by atoms with Crippen molar-refractivity contribution in [2.45, 2.75) is 51.5 Å². The van der Waals surface area contributed by atoms with Crippen LogP contribution in [-0.2, 0) is 10.2 Å². The quantitative estimate of drug-likeness (QED) is 0.865. The molecule has 5 heteroatoms. The molecule has 2 N–H and O–H groups in total. The molecule has 4 nitrogen and oxygen atoms in total. The first kappa shape index (κ1) is 13.5. The van der Waals surface area contributed by atoms with Crippen LogP contribution in [0.25, 0.3) is 0 Å². The molecule has 1 saturated heterocycles. The Kier molecular flexibility index (Phi) is 4.02. The molecular formula is C13H21N3OS. The minimum absolute atomic E-state index is 0.0303. The number of carbonyl (C=O) groups is 1. The zero-order valence-electron chi connectivity index (χ0n) is 11.2. The summed E-state index contributed by atoms with van der Waals surface area (Å²) < 4.78 is 4.39. The molecule has 1 aromatic rings. The van der Waals surface area contributed by atoms with Crippen LogP contribution < -0.4 is 10.6 Å². The first-order chi connectivity index (χ1) is 8.47. The SMILES string of the molecule is CC(C)(C)c1cc(NC(=O)[C@@H]2CCCCN2)sn1. The second-order valence-electron chi connectivity index (χ2n) is 5.82. The Balaban J connectivity index is 1.96. The van der Waals surface area contributed by atoms with E-state index in [1.54, 1.807) is 0 Å². The summed E-state index contributed by atoms with van der Waals surface area (Å²) in [6.07, 6.45) is 3.22. The number of amides is 1. The molecule has 0 saturated carbocycles. The van der Waals surface area contributed by atoms with Crippen molar-refractivity contribution in [3.8, 4) is 0 Å². The fourth-order valence-electron chi connectivity index (χ4n) is 1.97. The van der Waals surface area contributed by atoms with Gasteiger partial charge in [0.25, 0.3) is 0 Å². The molecule has 1 aliphatic rings. The average Bonchev–Trinajstić information content (AvgIpc) is 2.78. The first-order valence-electron chi connectivity index (χ1n) is 6.48. The highest BCUT2D eigenvalue weighted by atomic mass is 32.1. The Labute approximate surface area is 112 Å². The highest BCUT2D eigenvalue weighted by molar-refractivity contribution is 7.10. The van der Waals surface area contributed by atoms with Gasteiger partial charge in [0.05, 0.1) is 11.7 Å². The summed E-state index contributed by atoms with van der Waals surface area (Å²) in [5.74, 6) is 0.0683. The van der Waals surface area contributed by atoms with Crippen LogP contribution in [0.4, 0.5) is 5.00 Å². The molecule has 1 aromatic heterocycles.